The topological polar surface area (TPSA) is 16.1 Å². The van der Waals surface area contributed by atoms with E-state index >= 15 is 0 Å². The molecule has 0 fully saturated rings. The summed E-state index contributed by atoms with van der Waals surface area (Å²) in [5.41, 5.74) is 9.21. The van der Waals surface area contributed by atoms with Gasteiger partial charge in [0, 0.05) is 18.8 Å². The molecule has 0 bridgehead atoms. The third-order valence-corrected chi connectivity index (χ3v) is 12.1. The SMILES string of the molecule is Cc1ccc(N(C)c2ccccn2)c(C#C[Si](C(C)C)(C(C)C)C(C)C)c1. The normalized spacial score (nSPS) is 11.7. The Hall–Kier alpha value is -2.05. The van der Waals surface area contributed by atoms with Gasteiger partial charge < -0.3 is 4.90 Å². The quantitative estimate of drug-likeness (QED) is 0.423. The molecule has 0 aliphatic rings. The first-order valence-electron chi connectivity index (χ1n) is 9.98. The Morgan fingerprint density at radius 2 is 1.56 bits per heavy atom. The van der Waals surface area contributed by atoms with E-state index in [0.717, 1.165) is 17.1 Å². The average Bonchev–Trinajstić information content (AvgIpc) is 2.61. The van der Waals surface area contributed by atoms with Crippen LogP contribution in [0.4, 0.5) is 11.5 Å². The molecule has 2 aromatic rings. The Labute approximate surface area is 167 Å². The van der Waals surface area contributed by atoms with Crippen LogP contribution in [0, 0.1) is 18.4 Å². The van der Waals surface area contributed by atoms with E-state index in [0.29, 0.717) is 16.6 Å². The van der Waals surface area contributed by atoms with Gasteiger partial charge in [0.1, 0.15) is 13.9 Å². The van der Waals surface area contributed by atoms with Gasteiger partial charge in [-0.25, -0.2) is 4.98 Å². The molecule has 0 saturated heterocycles. The van der Waals surface area contributed by atoms with Crippen molar-refractivity contribution in [3.63, 3.8) is 0 Å². The highest BCUT2D eigenvalue weighted by molar-refractivity contribution is 6.90. The van der Waals surface area contributed by atoms with Gasteiger partial charge in [-0.15, -0.1) is 5.54 Å². The summed E-state index contributed by atoms with van der Waals surface area (Å²) in [6.07, 6.45) is 1.83. The summed E-state index contributed by atoms with van der Waals surface area (Å²) in [6, 6.07) is 12.5. The van der Waals surface area contributed by atoms with E-state index < -0.39 is 8.07 Å². The van der Waals surface area contributed by atoms with Crippen molar-refractivity contribution in [3.8, 4) is 11.5 Å². The summed E-state index contributed by atoms with van der Waals surface area (Å²) in [5.74, 6) is 4.57. The van der Waals surface area contributed by atoms with E-state index in [2.05, 4.69) is 95.1 Å². The van der Waals surface area contributed by atoms with Crippen LogP contribution in [0.3, 0.4) is 0 Å². The lowest BCUT2D eigenvalue weighted by Gasteiger charge is -2.38. The molecule has 0 aliphatic carbocycles. The molecule has 0 atom stereocenters. The van der Waals surface area contributed by atoms with Gasteiger partial charge in [-0.2, -0.15) is 0 Å². The number of nitrogens with zero attached hydrogens (tertiary/aromatic N) is 2. The standard InChI is InChI=1S/C24H34N2Si/c1-18(2)27(19(3)4,20(5)6)16-14-22-17-21(7)12-13-23(22)26(8)24-11-9-10-15-25-24/h9-13,15,17-20H,1-8H3. The van der Waals surface area contributed by atoms with Crippen LogP contribution < -0.4 is 4.90 Å². The van der Waals surface area contributed by atoms with Crippen molar-refractivity contribution in [1.29, 1.82) is 0 Å². The van der Waals surface area contributed by atoms with Crippen LogP contribution in [-0.4, -0.2) is 20.1 Å². The number of benzene rings is 1. The Morgan fingerprint density at radius 3 is 2.07 bits per heavy atom. The van der Waals surface area contributed by atoms with Gasteiger partial charge in [0.2, 0.25) is 0 Å². The van der Waals surface area contributed by atoms with Crippen molar-refractivity contribution in [2.75, 3.05) is 11.9 Å². The first kappa shape index (κ1) is 21.2. The fourth-order valence-corrected chi connectivity index (χ4v) is 9.54. The maximum Gasteiger partial charge on any atom is 0.146 e. The van der Waals surface area contributed by atoms with Crippen LogP contribution in [0.2, 0.25) is 16.6 Å². The molecule has 0 unspecified atom stereocenters. The van der Waals surface area contributed by atoms with Crippen molar-refractivity contribution >= 4 is 19.6 Å². The van der Waals surface area contributed by atoms with Crippen LogP contribution in [0.15, 0.2) is 42.6 Å². The maximum atomic E-state index is 4.50. The minimum atomic E-state index is -1.76. The Balaban J connectivity index is 2.57. The molecule has 3 heteroatoms. The van der Waals surface area contributed by atoms with Crippen LogP contribution in [0.1, 0.15) is 52.7 Å². The minimum absolute atomic E-state index is 0.631. The number of aromatic nitrogens is 1. The summed E-state index contributed by atoms with van der Waals surface area (Å²) in [4.78, 5) is 6.63. The second-order valence-electron chi connectivity index (χ2n) is 8.41. The van der Waals surface area contributed by atoms with E-state index in [1.165, 1.54) is 5.56 Å². The number of hydrogen-bond donors (Lipinski definition) is 0. The molecule has 1 aromatic heterocycles. The number of pyridine rings is 1. The molecule has 2 rings (SSSR count). The summed E-state index contributed by atoms with van der Waals surface area (Å²) >= 11 is 0. The summed E-state index contributed by atoms with van der Waals surface area (Å²) in [7, 11) is 0.306. The minimum Gasteiger partial charge on any atom is -0.328 e. The lowest BCUT2D eigenvalue weighted by Crippen LogP contribution is -2.43. The van der Waals surface area contributed by atoms with Crippen LogP contribution in [0.25, 0.3) is 0 Å². The van der Waals surface area contributed by atoms with E-state index in [4.69, 9.17) is 0 Å². The summed E-state index contributed by atoms with van der Waals surface area (Å²) in [6.45, 7) is 16.3. The monoisotopic (exact) mass is 378 g/mol. The van der Waals surface area contributed by atoms with Crippen molar-refractivity contribution in [1.82, 2.24) is 4.98 Å². The number of rotatable bonds is 5. The largest absolute Gasteiger partial charge is 0.328 e. The molecule has 1 aromatic carbocycles. The van der Waals surface area contributed by atoms with Gasteiger partial charge >= 0.3 is 0 Å². The highest BCUT2D eigenvalue weighted by Gasteiger charge is 2.41. The molecule has 27 heavy (non-hydrogen) atoms. The molecule has 0 radical (unpaired) electrons. The van der Waals surface area contributed by atoms with Crippen LogP contribution >= 0.6 is 0 Å². The third-order valence-electron chi connectivity index (χ3n) is 5.79. The van der Waals surface area contributed by atoms with Gasteiger partial charge in [0.05, 0.1) is 5.69 Å². The van der Waals surface area contributed by atoms with E-state index in [1.807, 2.05) is 24.4 Å². The second kappa shape index (κ2) is 8.76. The second-order valence-corrected chi connectivity index (χ2v) is 14.0. The zero-order valence-corrected chi connectivity index (χ0v) is 19.2. The number of anilines is 2. The van der Waals surface area contributed by atoms with Crippen LogP contribution in [-0.2, 0) is 0 Å². The summed E-state index contributed by atoms with van der Waals surface area (Å²) < 4.78 is 0. The summed E-state index contributed by atoms with van der Waals surface area (Å²) in [5, 5.41) is 0. The van der Waals surface area contributed by atoms with Gasteiger partial charge in [-0.3, -0.25) is 0 Å². The fourth-order valence-electron chi connectivity index (χ4n) is 4.33. The van der Waals surface area contributed by atoms with Gasteiger partial charge in [0.25, 0.3) is 0 Å². The van der Waals surface area contributed by atoms with E-state index in [-0.39, 0.29) is 0 Å². The zero-order valence-electron chi connectivity index (χ0n) is 18.2. The molecule has 0 saturated carbocycles. The van der Waals surface area contributed by atoms with Crippen molar-refractivity contribution in [3.05, 3.63) is 53.7 Å². The fraction of sp³-hybridized carbons (Fsp3) is 0.458. The van der Waals surface area contributed by atoms with Crippen LogP contribution in [0.5, 0.6) is 0 Å². The van der Waals surface area contributed by atoms with Gasteiger partial charge in [-0.05, 0) is 53.4 Å². The van der Waals surface area contributed by atoms with Crippen molar-refractivity contribution in [2.45, 2.75) is 65.1 Å². The molecule has 0 N–H and O–H groups in total. The van der Waals surface area contributed by atoms with Gasteiger partial charge in [-0.1, -0.05) is 59.6 Å². The predicted molar refractivity (Wildman–Crippen MR) is 121 cm³/mol. The molecule has 0 aliphatic heterocycles. The lowest BCUT2D eigenvalue weighted by molar-refractivity contribution is 0.838. The Morgan fingerprint density at radius 1 is 0.926 bits per heavy atom. The van der Waals surface area contributed by atoms with Crippen molar-refractivity contribution < 1.29 is 0 Å². The third kappa shape index (κ3) is 4.44. The zero-order chi connectivity index (χ0) is 20.2. The highest BCUT2D eigenvalue weighted by Crippen LogP contribution is 2.41. The van der Waals surface area contributed by atoms with Gasteiger partial charge in [0.15, 0.2) is 0 Å². The van der Waals surface area contributed by atoms with Crippen molar-refractivity contribution in [2.24, 2.45) is 0 Å². The Kier molecular flexibility index (Phi) is 6.89. The predicted octanol–water partition coefficient (Wildman–Crippen LogP) is 6.73. The molecule has 2 nitrogen and oxygen atoms in total. The first-order valence-corrected chi connectivity index (χ1v) is 12.2. The maximum absolute atomic E-state index is 4.50. The lowest BCUT2D eigenvalue weighted by atomic mass is 10.1. The molecular weight excluding hydrogens is 344 g/mol. The molecule has 0 spiro atoms. The van der Waals surface area contributed by atoms with E-state index in [1.54, 1.807) is 0 Å². The van der Waals surface area contributed by atoms with E-state index in [9.17, 15) is 0 Å². The smallest absolute Gasteiger partial charge is 0.146 e. The Bertz CT molecular complexity index is 791. The molecular formula is C24H34N2Si. The average molecular weight is 379 g/mol. The first-order chi connectivity index (χ1) is 12.7. The number of aryl methyl sites for hydroxylation is 1. The molecule has 1 heterocycles. The molecule has 144 valence electrons. The molecule has 0 amide bonds. The number of hydrogen-bond acceptors (Lipinski definition) is 2. The highest BCUT2D eigenvalue weighted by atomic mass is 28.3.